The molecule has 9 nitrogen and oxygen atoms in total. The van der Waals surface area contributed by atoms with Crippen LogP contribution in [0, 0.1) is 0 Å². The van der Waals surface area contributed by atoms with Crippen molar-refractivity contribution in [3.05, 3.63) is 64.2 Å². The van der Waals surface area contributed by atoms with E-state index in [2.05, 4.69) is 15.4 Å². The van der Waals surface area contributed by atoms with Crippen molar-refractivity contribution < 1.29 is 54.5 Å². The summed E-state index contributed by atoms with van der Waals surface area (Å²) < 4.78 is 123. The van der Waals surface area contributed by atoms with Gasteiger partial charge in [0.15, 0.2) is 0 Å². The smallest absolute Gasteiger partial charge is 0.416 e. The van der Waals surface area contributed by atoms with Gasteiger partial charge in [0.1, 0.15) is 0 Å². The van der Waals surface area contributed by atoms with Crippen molar-refractivity contribution in [1.29, 1.82) is 0 Å². The predicted molar refractivity (Wildman–Crippen MR) is 136 cm³/mol. The van der Waals surface area contributed by atoms with Crippen LogP contribution in [0.2, 0.25) is 0 Å². The molecule has 3 aromatic rings. The molecule has 0 aliphatic carbocycles. The molecule has 0 saturated carbocycles. The van der Waals surface area contributed by atoms with Crippen molar-refractivity contribution in [2.24, 2.45) is 0 Å². The van der Waals surface area contributed by atoms with Crippen molar-refractivity contribution in [1.82, 2.24) is 20.2 Å². The highest BCUT2D eigenvalue weighted by Crippen LogP contribution is 2.46. The summed E-state index contributed by atoms with van der Waals surface area (Å²) in [6, 6.07) is 1.07. The van der Waals surface area contributed by atoms with Crippen LogP contribution in [0.5, 0.6) is 0 Å². The minimum absolute atomic E-state index is 0.0611. The number of benzene rings is 2. The van der Waals surface area contributed by atoms with Crippen molar-refractivity contribution >= 4 is 17.7 Å². The predicted octanol–water partition coefficient (Wildman–Crippen LogP) is 6.52. The number of carboxylic acid groups (broad SMARTS) is 1. The number of tetrazole rings is 1. The van der Waals surface area contributed by atoms with Gasteiger partial charge in [-0.1, -0.05) is 12.0 Å². The van der Waals surface area contributed by atoms with Gasteiger partial charge in [-0.2, -0.15) is 44.3 Å². The molecule has 18 heteroatoms. The van der Waals surface area contributed by atoms with E-state index in [0.717, 1.165) is 20.7 Å². The number of nitrogens with zero attached hydrogens (tertiary/aromatic N) is 6. The molecule has 1 aliphatic rings. The summed E-state index contributed by atoms with van der Waals surface area (Å²) in [7, 11) is 0. The van der Waals surface area contributed by atoms with E-state index in [1.54, 1.807) is 6.92 Å². The molecule has 0 spiro atoms. The summed E-state index contributed by atoms with van der Waals surface area (Å²) in [5.41, 5.74) is -5.29. The summed E-state index contributed by atoms with van der Waals surface area (Å²) in [5, 5.41) is 31.3. The monoisotopic (exact) mass is 640 g/mol. The van der Waals surface area contributed by atoms with Crippen LogP contribution in [-0.2, 0) is 31.6 Å². The molecule has 0 bridgehead atoms. The van der Waals surface area contributed by atoms with Gasteiger partial charge in [0.2, 0.25) is 0 Å². The zero-order valence-electron chi connectivity index (χ0n) is 22.9. The Morgan fingerprint density at radius 2 is 1.57 bits per heavy atom. The van der Waals surface area contributed by atoms with Crippen LogP contribution < -0.4 is 9.80 Å². The number of halogens is 9. The molecule has 2 heterocycles. The van der Waals surface area contributed by atoms with E-state index in [4.69, 9.17) is 0 Å². The molecule has 2 N–H and O–H groups in total. The van der Waals surface area contributed by atoms with Crippen LogP contribution in [0.15, 0.2) is 36.4 Å². The van der Waals surface area contributed by atoms with Gasteiger partial charge in [0.25, 0.3) is 5.95 Å². The molecule has 1 amide bonds. The van der Waals surface area contributed by atoms with Gasteiger partial charge in [-0.05, 0) is 72.5 Å². The SMILES string of the molecule is CC[C@@H]1C[C@H](N(Cc2cc(C(F)(F)F)cc(C(F)(F)F)c2)c2nnn(CC(C)O)n2)c2cc(C(F)(F)F)ccc2N1C(=O)O. The molecule has 1 aromatic heterocycles. The van der Waals surface area contributed by atoms with E-state index < -0.39 is 71.6 Å². The van der Waals surface area contributed by atoms with Crippen molar-refractivity contribution in [2.45, 2.75) is 76.5 Å². The number of hydrogen-bond acceptors (Lipinski definition) is 6. The normalized spacial score (nSPS) is 18.2. The van der Waals surface area contributed by atoms with Crippen LogP contribution in [0.25, 0.3) is 0 Å². The Morgan fingerprint density at radius 1 is 0.977 bits per heavy atom. The molecule has 1 unspecified atom stereocenters. The summed E-state index contributed by atoms with van der Waals surface area (Å²) >= 11 is 0. The maximum atomic E-state index is 13.8. The number of amides is 1. The largest absolute Gasteiger partial charge is 0.465 e. The number of anilines is 2. The van der Waals surface area contributed by atoms with Gasteiger partial charge in [-0.25, -0.2) is 4.79 Å². The molecule has 0 saturated heterocycles. The highest BCUT2D eigenvalue weighted by molar-refractivity contribution is 5.89. The van der Waals surface area contributed by atoms with Gasteiger partial charge in [-0.3, -0.25) is 4.90 Å². The number of alkyl halides is 9. The summed E-state index contributed by atoms with van der Waals surface area (Å²) in [6.45, 7) is 2.00. The number of aromatic nitrogens is 4. The van der Waals surface area contributed by atoms with E-state index in [9.17, 15) is 54.5 Å². The topological polar surface area (TPSA) is 108 Å². The van der Waals surface area contributed by atoms with Gasteiger partial charge in [0.05, 0.1) is 41.1 Å². The minimum Gasteiger partial charge on any atom is -0.465 e. The Morgan fingerprint density at radius 3 is 2.07 bits per heavy atom. The molecule has 1 aliphatic heterocycles. The quantitative estimate of drug-likeness (QED) is 0.283. The Hall–Kier alpha value is -4.09. The molecule has 3 atom stereocenters. The minimum atomic E-state index is -5.17. The fourth-order valence-corrected chi connectivity index (χ4v) is 5.10. The molecular formula is C26H25F9N6O3. The Kier molecular flexibility index (Phi) is 8.78. The molecule has 0 radical (unpaired) electrons. The Bertz CT molecular complexity index is 1470. The fraction of sp³-hybridized carbons (Fsp3) is 0.462. The maximum absolute atomic E-state index is 13.8. The lowest BCUT2D eigenvalue weighted by Crippen LogP contribution is -2.47. The van der Waals surface area contributed by atoms with E-state index in [-0.39, 0.29) is 42.7 Å². The first kappa shape index (κ1) is 32.8. The molecule has 44 heavy (non-hydrogen) atoms. The van der Waals surface area contributed by atoms with Crippen LogP contribution in [-0.4, -0.2) is 48.7 Å². The first-order valence-electron chi connectivity index (χ1n) is 13.0. The number of aliphatic hydroxyl groups excluding tert-OH is 1. The molecule has 240 valence electrons. The van der Waals surface area contributed by atoms with Crippen LogP contribution in [0.1, 0.15) is 60.5 Å². The van der Waals surface area contributed by atoms with E-state index in [1.807, 2.05) is 0 Å². The van der Waals surface area contributed by atoms with Gasteiger partial charge >= 0.3 is 24.6 Å². The summed E-state index contributed by atoms with van der Waals surface area (Å²) in [5.74, 6) is -0.386. The first-order chi connectivity index (χ1) is 20.3. The second-order valence-corrected chi connectivity index (χ2v) is 10.3. The highest BCUT2D eigenvalue weighted by atomic mass is 19.4. The van der Waals surface area contributed by atoms with Crippen molar-refractivity contribution in [3.8, 4) is 0 Å². The standard InChI is InChI=1S/C26H25F9N6O3/c1-3-18-10-21(19-9-15(24(27,28)29)4-5-20(19)41(18)23(43)44)39(22-36-38-40(37-22)11-13(2)42)12-14-6-16(25(30,31)32)8-17(7-14)26(33,34)35/h4-9,13,18,21,42H,3,10-12H2,1-2H3,(H,43,44)/t13?,18-,21+/m1/s1. The first-order valence-corrected chi connectivity index (χ1v) is 13.0. The third kappa shape index (κ3) is 7.00. The lowest BCUT2D eigenvalue weighted by molar-refractivity contribution is -0.143. The lowest BCUT2D eigenvalue weighted by atomic mass is 9.87. The van der Waals surface area contributed by atoms with E-state index >= 15 is 0 Å². The van der Waals surface area contributed by atoms with Crippen molar-refractivity contribution in [2.75, 3.05) is 9.80 Å². The summed E-state index contributed by atoms with van der Waals surface area (Å²) in [4.78, 5) is 15.0. The van der Waals surface area contributed by atoms with Crippen molar-refractivity contribution in [3.63, 3.8) is 0 Å². The third-order valence-electron chi connectivity index (χ3n) is 7.01. The number of hydrogen-bond donors (Lipinski definition) is 2. The van der Waals surface area contributed by atoms with Crippen LogP contribution in [0.4, 0.5) is 55.9 Å². The van der Waals surface area contributed by atoms with Crippen LogP contribution >= 0.6 is 0 Å². The Labute approximate surface area is 243 Å². The third-order valence-corrected chi connectivity index (χ3v) is 7.01. The maximum Gasteiger partial charge on any atom is 0.416 e. The number of carbonyl (C=O) groups is 1. The van der Waals surface area contributed by atoms with Gasteiger partial charge < -0.3 is 15.1 Å². The number of rotatable bonds is 7. The molecule has 2 aromatic carbocycles. The zero-order chi connectivity index (χ0) is 32.8. The van der Waals surface area contributed by atoms with Gasteiger partial charge in [0, 0.05) is 12.6 Å². The number of fused-ring (bicyclic) bond motifs is 1. The van der Waals surface area contributed by atoms with Gasteiger partial charge in [-0.15, -0.1) is 5.10 Å². The average Bonchev–Trinajstić information content (AvgIpc) is 3.36. The van der Waals surface area contributed by atoms with E-state index in [1.165, 1.54) is 6.92 Å². The molecule has 4 rings (SSSR count). The molecule has 0 fully saturated rings. The Balaban J connectivity index is 1.95. The highest BCUT2D eigenvalue weighted by Gasteiger charge is 2.42. The average molecular weight is 641 g/mol. The second kappa shape index (κ2) is 11.8. The molecular weight excluding hydrogens is 615 g/mol. The zero-order valence-corrected chi connectivity index (χ0v) is 22.9. The summed E-state index contributed by atoms with van der Waals surface area (Å²) in [6.07, 6.45) is -17.8. The number of aliphatic hydroxyl groups is 1. The van der Waals surface area contributed by atoms with Crippen LogP contribution in [0.3, 0.4) is 0 Å². The van der Waals surface area contributed by atoms with E-state index in [0.29, 0.717) is 24.3 Å². The fourth-order valence-electron chi connectivity index (χ4n) is 5.10. The lowest BCUT2D eigenvalue weighted by Gasteiger charge is -2.43. The second-order valence-electron chi connectivity index (χ2n) is 10.3.